The van der Waals surface area contributed by atoms with Crippen molar-refractivity contribution in [3.63, 3.8) is 0 Å². The maximum atomic E-state index is 12.0. The maximum absolute atomic E-state index is 12.0. The minimum Gasteiger partial charge on any atom is -0.317 e. The minimum absolute atomic E-state index is 0.294. The van der Waals surface area contributed by atoms with Crippen molar-refractivity contribution in [3.8, 4) is 0 Å². The lowest BCUT2D eigenvalue weighted by molar-refractivity contribution is 0.364. The number of hydrogen-bond acceptors (Lipinski definition) is 3. The molecule has 0 saturated carbocycles. The predicted molar refractivity (Wildman–Crippen MR) is 85.3 cm³/mol. The van der Waals surface area contributed by atoms with Crippen LogP contribution in [0.15, 0.2) is 0 Å². The van der Waals surface area contributed by atoms with Crippen LogP contribution in [0.4, 0.5) is 0 Å². The first-order chi connectivity index (χ1) is 9.57. The standard InChI is InChI=1S/C15H32N2O2S/c1-3-5-6-14(4-2)13-17-20(18,19)12-9-15-7-10-16-11-8-15/h14-17H,3-13H2,1-2H3. The average molecular weight is 305 g/mol. The van der Waals surface area contributed by atoms with E-state index in [0.29, 0.717) is 24.1 Å². The molecule has 0 spiro atoms. The Labute approximate surface area is 125 Å². The molecule has 20 heavy (non-hydrogen) atoms. The highest BCUT2D eigenvalue weighted by Crippen LogP contribution is 2.17. The predicted octanol–water partition coefficient (Wildman–Crippen LogP) is 2.51. The smallest absolute Gasteiger partial charge is 0.211 e. The molecule has 1 heterocycles. The second kappa shape index (κ2) is 9.74. The van der Waals surface area contributed by atoms with Crippen molar-refractivity contribution >= 4 is 10.0 Å². The van der Waals surface area contributed by atoms with Gasteiger partial charge >= 0.3 is 0 Å². The molecule has 0 amide bonds. The Bertz CT molecular complexity index is 338. The molecular weight excluding hydrogens is 272 g/mol. The molecule has 1 aliphatic heterocycles. The fourth-order valence-electron chi connectivity index (χ4n) is 2.75. The molecule has 1 atom stereocenters. The molecule has 0 bridgehead atoms. The SMILES string of the molecule is CCCCC(CC)CNS(=O)(=O)CCC1CCNCC1. The molecule has 2 N–H and O–H groups in total. The number of unbranched alkanes of at least 4 members (excludes halogenated alkanes) is 1. The Morgan fingerprint density at radius 3 is 2.55 bits per heavy atom. The second-order valence-corrected chi connectivity index (χ2v) is 7.99. The molecule has 5 heteroatoms. The van der Waals surface area contributed by atoms with E-state index in [0.717, 1.165) is 45.2 Å². The molecule has 120 valence electrons. The van der Waals surface area contributed by atoms with Gasteiger partial charge in [-0.15, -0.1) is 0 Å². The zero-order valence-electron chi connectivity index (χ0n) is 13.2. The van der Waals surface area contributed by atoms with Gasteiger partial charge in [0.2, 0.25) is 10.0 Å². The first-order valence-corrected chi connectivity index (χ1v) is 9.90. The van der Waals surface area contributed by atoms with Crippen LogP contribution in [0.1, 0.15) is 58.8 Å². The van der Waals surface area contributed by atoms with E-state index in [2.05, 4.69) is 23.9 Å². The van der Waals surface area contributed by atoms with Crippen molar-refractivity contribution in [1.82, 2.24) is 10.0 Å². The van der Waals surface area contributed by atoms with E-state index in [-0.39, 0.29) is 0 Å². The van der Waals surface area contributed by atoms with Crippen LogP contribution in [0.5, 0.6) is 0 Å². The Morgan fingerprint density at radius 1 is 1.25 bits per heavy atom. The van der Waals surface area contributed by atoms with E-state index in [9.17, 15) is 8.42 Å². The molecule has 0 aromatic carbocycles. The van der Waals surface area contributed by atoms with E-state index < -0.39 is 10.0 Å². The first kappa shape index (κ1) is 17.9. The third-order valence-corrected chi connectivity index (χ3v) is 5.77. The monoisotopic (exact) mass is 304 g/mol. The molecule has 1 saturated heterocycles. The Morgan fingerprint density at radius 2 is 1.95 bits per heavy atom. The van der Waals surface area contributed by atoms with Crippen molar-refractivity contribution in [2.45, 2.75) is 58.8 Å². The zero-order valence-corrected chi connectivity index (χ0v) is 14.0. The van der Waals surface area contributed by atoms with E-state index >= 15 is 0 Å². The van der Waals surface area contributed by atoms with Gasteiger partial charge < -0.3 is 5.32 Å². The summed E-state index contributed by atoms with van der Waals surface area (Å²) in [6.45, 7) is 7.00. The first-order valence-electron chi connectivity index (χ1n) is 8.25. The van der Waals surface area contributed by atoms with Crippen LogP contribution in [0, 0.1) is 11.8 Å². The number of hydrogen-bond donors (Lipinski definition) is 2. The average Bonchev–Trinajstić information content (AvgIpc) is 2.47. The normalized spacial score (nSPS) is 19.1. The van der Waals surface area contributed by atoms with Crippen LogP contribution in [0.2, 0.25) is 0 Å². The molecule has 4 nitrogen and oxygen atoms in total. The summed E-state index contributed by atoms with van der Waals surface area (Å²) in [4.78, 5) is 0. The van der Waals surface area contributed by atoms with Crippen molar-refractivity contribution in [3.05, 3.63) is 0 Å². The lowest BCUT2D eigenvalue weighted by Gasteiger charge is -2.22. The van der Waals surface area contributed by atoms with E-state index in [4.69, 9.17) is 0 Å². The molecular formula is C15H32N2O2S. The number of nitrogens with one attached hydrogen (secondary N) is 2. The quantitative estimate of drug-likeness (QED) is 0.652. The summed E-state index contributed by atoms with van der Waals surface area (Å²) in [7, 11) is -3.08. The highest BCUT2D eigenvalue weighted by atomic mass is 32.2. The second-order valence-electron chi connectivity index (χ2n) is 6.07. The van der Waals surface area contributed by atoms with Crippen LogP contribution in [-0.4, -0.2) is 33.8 Å². The van der Waals surface area contributed by atoms with Crippen LogP contribution in [0.25, 0.3) is 0 Å². The van der Waals surface area contributed by atoms with Gasteiger partial charge in [-0.2, -0.15) is 0 Å². The summed E-state index contributed by atoms with van der Waals surface area (Å²) in [6.07, 6.45) is 7.59. The highest BCUT2D eigenvalue weighted by molar-refractivity contribution is 7.89. The molecule has 0 radical (unpaired) electrons. The minimum atomic E-state index is -3.08. The molecule has 0 aliphatic carbocycles. The Hall–Kier alpha value is -0.130. The number of piperidine rings is 1. The lowest BCUT2D eigenvalue weighted by atomic mass is 9.96. The van der Waals surface area contributed by atoms with Gasteiger partial charge in [0.05, 0.1) is 5.75 Å². The summed E-state index contributed by atoms with van der Waals surface area (Å²) >= 11 is 0. The van der Waals surface area contributed by atoms with Crippen molar-refractivity contribution in [2.75, 3.05) is 25.4 Å². The van der Waals surface area contributed by atoms with Crippen molar-refractivity contribution in [1.29, 1.82) is 0 Å². The summed E-state index contributed by atoms with van der Waals surface area (Å²) in [5, 5.41) is 3.31. The fourth-order valence-corrected chi connectivity index (χ4v) is 4.03. The highest BCUT2D eigenvalue weighted by Gasteiger charge is 2.18. The van der Waals surface area contributed by atoms with E-state index in [1.807, 2.05) is 0 Å². The Balaban J connectivity index is 2.25. The molecule has 0 aromatic rings. The lowest BCUT2D eigenvalue weighted by Crippen LogP contribution is -2.33. The molecule has 0 aromatic heterocycles. The van der Waals surface area contributed by atoms with E-state index in [1.54, 1.807) is 0 Å². The summed E-state index contributed by atoms with van der Waals surface area (Å²) in [5.74, 6) is 1.36. The van der Waals surface area contributed by atoms with Crippen LogP contribution < -0.4 is 10.0 Å². The van der Waals surface area contributed by atoms with Crippen LogP contribution in [0.3, 0.4) is 0 Å². The van der Waals surface area contributed by atoms with E-state index in [1.165, 1.54) is 12.8 Å². The topological polar surface area (TPSA) is 58.2 Å². The number of rotatable bonds is 10. The van der Waals surface area contributed by atoms with Gasteiger partial charge in [-0.3, -0.25) is 0 Å². The fraction of sp³-hybridized carbons (Fsp3) is 1.00. The van der Waals surface area contributed by atoms with Gasteiger partial charge in [0, 0.05) is 6.54 Å². The van der Waals surface area contributed by atoms with Crippen molar-refractivity contribution in [2.24, 2.45) is 11.8 Å². The summed E-state index contributed by atoms with van der Waals surface area (Å²) in [6, 6.07) is 0. The van der Waals surface area contributed by atoms with Crippen LogP contribution in [-0.2, 0) is 10.0 Å². The molecule has 1 unspecified atom stereocenters. The zero-order chi connectivity index (χ0) is 14.8. The third-order valence-electron chi connectivity index (χ3n) is 4.39. The Kier molecular flexibility index (Phi) is 8.73. The van der Waals surface area contributed by atoms with Gasteiger partial charge in [0.25, 0.3) is 0 Å². The van der Waals surface area contributed by atoms with Crippen molar-refractivity contribution < 1.29 is 8.42 Å². The molecule has 1 fully saturated rings. The summed E-state index contributed by atoms with van der Waals surface area (Å²) in [5.41, 5.74) is 0. The molecule has 1 rings (SSSR count). The summed E-state index contributed by atoms with van der Waals surface area (Å²) < 4.78 is 26.9. The number of sulfonamides is 1. The van der Waals surface area contributed by atoms with Gasteiger partial charge in [0.1, 0.15) is 0 Å². The van der Waals surface area contributed by atoms with Gasteiger partial charge in [-0.25, -0.2) is 13.1 Å². The van der Waals surface area contributed by atoms with Gasteiger partial charge in [0.15, 0.2) is 0 Å². The maximum Gasteiger partial charge on any atom is 0.211 e. The largest absolute Gasteiger partial charge is 0.317 e. The van der Waals surface area contributed by atoms with Crippen LogP contribution >= 0.6 is 0 Å². The van der Waals surface area contributed by atoms with Gasteiger partial charge in [-0.1, -0.05) is 33.1 Å². The molecule has 1 aliphatic rings. The van der Waals surface area contributed by atoms with Gasteiger partial charge in [-0.05, 0) is 50.6 Å². The third kappa shape index (κ3) is 7.60.